The molecule has 7 aromatic rings. The van der Waals surface area contributed by atoms with Crippen LogP contribution in [-0.2, 0) is 12.8 Å². The smallest absolute Gasteiger partial charge is 0.146 e. The lowest BCUT2D eigenvalue weighted by atomic mass is 9.92. The van der Waals surface area contributed by atoms with Crippen LogP contribution in [0.3, 0.4) is 0 Å². The van der Waals surface area contributed by atoms with Crippen LogP contribution < -0.4 is 0 Å². The number of para-hydroxylation sites is 2. The summed E-state index contributed by atoms with van der Waals surface area (Å²) in [7, 11) is 0. The van der Waals surface area contributed by atoms with E-state index in [2.05, 4.69) is 88.2 Å². The number of pyridine rings is 2. The van der Waals surface area contributed by atoms with Crippen molar-refractivity contribution in [2.24, 2.45) is 0 Å². The highest BCUT2D eigenvalue weighted by Crippen LogP contribution is 2.50. The molecular weight excluding hydrogens is 426 g/mol. The summed E-state index contributed by atoms with van der Waals surface area (Å²) in [6.07, 6.45) is 5.88. The van der Waals surface area contributed by atoms with Crippen molar-refractivity contribution in [1.29, 1.82) is 0 Å². The molecule has 0 saturated carbocycles. The molecule has 3 heteroatoms. The average Bonchev–Trinajstić information content (AvgIpc) is 3.58. The van der Waals surface area contributed by atoms with E-state index in [0.29, 0.717) is 0 Å². The van der Waals surface area contributed by atoms with Crippen molar-refractivity contribution in [2.45, 2.75) is 12.8 Å². The Balaban J connectivity index is 1.45. The Labute approximate surface area is 201 Å². The monoisotopic (exact) mass is 445 g/mol. The number of hydrogen-bond acceptors (Lipinski definition) is 2. The van der Waals surface area contributed by atoms with Gasteiger partial charge in [0.2, 0.25) is 0 Å². The molecule has 4 aromatic carbocycles. The SMILES string of the molecule is c1ccc2c(c1)Cc1ccc3c(c1-2)-c1cc2c(cc1C3)c1cnccc1n1c3ccccc3nc21. The fourth-order valence-electron chi connectivity index (χ4n) is 6.60. The van der Waals surface area contributed by atoms with Gasteiger partial charge in [-0.15, -0.1) is 0 Å². The van der Waals surface area contributed by atoms with Gasteiger partial charge in [-0.2, -0.15) is 0 Å². The van der Waals surface area contributed by atoms with Crippen LogP contribution in [0.25, 0.3) is 60.6 Å². The maximum Gasteiger partial charge on any atom is 0.146 e. The summed E-state index contributed by atoms with van der Waals surface area (Å²) in [5, 5.41) is 3.60. The predicted octanol–water partition coefficient (Wildman–Crippen LogP) is 7.33. The number of rotatable bonds is 0. The molecule has 0 bridgehead atoms. The lowest BCUT2D eigenvalue weighted by Crippen LogP contribution is -1.93. The molecule has 162 valence electrons. The van der Waals surface area contributed by atoms with E-state index in [-0.39, 0.29) is 0 Å². The third-order valence-corrected chi connectivity index (χ3v) is 8.07. The molecule has 0 radical (unpaired) electrons. The fraction of sp³-hybridized carbons (Fsp3) is 0.0625. The van der Waals surface area contributed by atoms with E-state index in [1.807, 2.05) is 12.4 Å². The molecule has 0 fully saturated rings. The number of nitrogens with zero attached hydrogens (tertiary/aromatic N) is 3. The molecule has 0 amide bonds. The second-order valence-corrected chi connectivity index (χ2v) is 9.85. The lowest BCUT2D eigenvalue weighted by molar-refractivity contribution is 1.24. The molecule has 0 saturated heterocycles. The first-order valence-corrected chi connectivity index (χ1v) is 12.2. The van der Waals surface area contributed by atoms with Crippen molar-refractivity contribution in [3.8, 4) is 22.3 Å². The van der Waals surface area contributed by atoms with Crippen molar-refractivity contribution in [3.05, 3.63) is 114 Å². The molecule has 3 heterocycles. The summed E-state index contributed by atoms with van der Waals surface area (Å²) in [6.45, 7) is 0. The van der Waals surface area contributed by atoms with E-state index in [0.717, 1.165) is 35.0 Å². The van der Waals surface area contributed by atoms with E-state index in [1.54, 1.807) is 0 Å². The first kappa shape index (κ1) is 17.9. The number of fused-ring (bicyclic) bond motifs is 15. The molecule has 0 aliphatic heterocycles. The highest BCUT2D eigenvalue weighted by atomic mass is 15.0. The van der Waals surface area contributed by atoms with Crippen LogP contribution in [0.2, 0.25) is 0 Å². The van der Waals surface area contributed by atoms with Gasteiger partial charge in [0.05, 0.1) is 16.6 Å². The van der Waals surface area contributed by atoms with E-state index >= 15 is 0 Å². The predicted molar refractivity (Wildman–Crippen MR) is 142 cm³/mol. The Hall–Kier alpha value is -4.50. The summed E-state index contributed by atoms with van der Waals surface area (Å²) >= 11 is 0. The third kappa shape index (κ3) is 2.17. The van der Waals surface area contributed by atoms with Crippen LogP contribution in [0.15, 0.2) is 91.3 Å². The van der Waals surface area contributed by atoms with E-state index in [4.69, 9.17) is 4.98 Å². The molecule has 0 N–H and O–H groups in total. The summed E-state index contributed by atoms with van der Waals surface area (Å²) in [5.74, 6) is 0. The summed E-state index contributed by atoms with van der Waals surface area (Å²) in [4.78, 5) is 9.63. The molecular formula is C32H19N3. The zero-order valence-electron chi connectivity index (χ0n) is 18.9. The van der Waals surface area contributed by atoms with Gasteiger partial charge in [0, 0.05) is 23.2 Å². The van der Waals surface area contributed by atoms with Crippen molar-refractivity contribution in [1.82, 2.24) is 14.4 Å². The second kappa shape index (κ2) is 6.13. The molecule has 0 unspecified atom stereocenters. The van der Waals surface area contributed by atoms with Crippen LogP contribution in [-0.4, -0.2) is 14.4 Å². The van der Waals surface area contributed by atoms with Crippen molar-refractivity contribution >= 4 is 38.4 Å². The maximum atomic E-state index is 5.13. The summed E-state index contributed by atoms with van der Waals surface area (Å²) < 4.78 is 2.31. The highest BCUT2D eigenvalue weighted by molar-refractivity contribution is 6.15. The molecule has 2 aliphatic carbocycles. The highest BCUT2D eigenvalue weighted by Gasteiger charge is 2.29. The lowest BCUT2D eigenvalue weighted by Gasteiger charge is -2.13. The molecule has 2 aliphatic rings. The van der Waals surface area contributed by atoms with Gasteiger partial charge in [0.1, 0.15) is 5.65 Å². The average molecular weight is 446 g/mol. The Bertz CT molecular complexity index is 2060. The quantitative estimate of drug-likeness (QED) is 0.229. The van der Waals surface area contributed by atoms with Crippen LogP contribution in [0.1, 0.15) is 22.3 Å². The maximum absolute atomic E-state index is 5.13. The minimum absolute atomic E-state index is 0.972. The Morgan fingerprint density at radius 1 is 0.600 bits per heavy atom. The minimum Gasteiger partial charge on any atom is -0.292 e. The van der Waals surface area contributed by atoms with Crippen LogP contribution in [0.5, 0.6) is 0 Å². The standard InChI is InChI=1S/C32H19N3/c1-2-6-22-18(5-1)13-19-9-10-20-14-21-15-24-25(16-23(21)31(20)30(19)22)32-34-27-7-3-4-8-29(27)35(32)28-11-12-33-17-26(24)28/h1-12,15-17H,13-14H2. The zero-order chi connectivity index (χ0) is 22.7. The molecule has 3 nitrogen and oxygen atoms in total. The normalized spacial score (nSPS) is 13.5. The van der Waals surface area contributed by atoms with Gasteiger partial charge in [0.25, 0.3) is 0 Å². The van der Waals surface area contributed by atoms with E-state index in [9.17, 15) is 0 Å². The minimum atomic E-state index is 0.972. The molecule has 0 spiro atoms. The van der Waals surface area contributed by atoms with Gasteiger partial charge < -0.3 is 0 Å². The third-order valence-electron chi connectivity index (χ3n) is 8.07. The first-order valence-electron chi connectivity index (χ1n) is 12.2. The van der Waals surface area contributed by atoms with Crippen LogP contribution in [0.4, 0.5) is 0 Å². The van der Waals surface area contributed by atoms with Crippen molar-refractivity contribution < 1.29 is 0 Å². The Morgan fingerprint density at radius 3 is 2.34 bits per heavy atom. The molecule has 3 aromatic heterocycles. The molecule has 9 rings (SSSR count). The van der Waals surface area contributed by atoms with Gasteiger partial charge in [-0.05, 0) is 93.1 Å². The van der Waals surface area contributed by atoms with Gasteiger partial charge >= 0.3 is 0 Å². The van der Waals surface area contributed by atoms with Gasteiger partial charge in [-0.25, -0.2) is 4.98 Å². The van der Waals surface area contributed by atoms with Crippen LogP contribution in [0, 0.1) is 0 Å². The van der Waals surface area contributed by atoms with Gasteiger partial charge in [0.15, 0.2) is 0 Å². The number of hydrogen-bond donors (Lipinski definition) is 0. The molecule has 0 atom stereocenters. The zero-order valence-corrected chi connectivity index (χ0v) is 18.9. The van der Waals surface area contributed by atoms with E-state index in [1.165, 1.54) is 60.7 Å². The first-order chi connectivity index (χ1) is 17.3. The number of aromatic nitrogens is 3. The topological polar surface area (TPSA) is 30.2 Å². The number of benzene rings is 4. The molecule has 35 heavy (non-hydrogen) atoms. The summed E-state index contributed by atoms with van der Waals surface area (Å²) in [6, 6.07) is 28.9. The van der Waals surface area contributed by atoms with Crippen molar-refractivity contribution in [3.63, 3.8) is 0 Å². The fourth-order valence-corrected chi connectivity index (χ4v) is 6.60. The second-order valence-electron chi connectivity index (χ2n) is 9.85. The van der Waals surface area contributed by atoms with Crippen LogP contribution >= 0.6 is 0 Å². The summed E-state index contributed by atoms with van der Waals surface area (Å²) in [5.41, 5.74) is 15.6. The van der Waals surface area contributed by atoms with Crippen molar-refractivity contribution in [2.75, 3.05) is 0 Å². The van der Waals surface area contributed by atoms with Gasteiger partial charge in [-0.3, -0.25) is 9.38 Å². The largest absolute Gasteiger partial charge is 0.292 e. The Kier molecular flexibility index (Phi) is 3.14. The Morgan fingerprint density at radius 2 is 1.40 bits per heavy atom. The van der Waals surface area contributed by atoms with Gasteiger partial charge in [-0.1, -0.05) is 48.5 Å². The van der Waals surface area contributed by atoms with E-state index < -0.39 is 0 Å². The number of imidazole rings is 1.